The van der Waals surface area contributed by atoms with Crippen LogP contribution >= 0.6 is 22.6 Å². The molecule has 0 nitrogen and oxygen atoms in total. The summed E-state index contributed by atoms with van der Waals surface area (Å²) in [7, 11) is 0. The molecule has 2 bridgehead atoms. The minimum atomic E-state index is 1.02. The van der Waals surface area contributed by atoms with Crippen molar-refractivity contribution in [1.82, 2.24) is 0 Å². The lowest BCUT2D eigenvalue weighted by molar-refractivity contribution is 0.376. The fourth-order valence-electron chi connectivity index (χ4n) is 2.43. The molecule has 0 saturated heterocycles. The Hall–Kier alpha value is 0.730. The van der Waals surface area contributed by atoms with E-state index >= 15 is 0 Å². The Bertz CT molecular complexity index is 99.1. The second kappa shape index (κ2) is 2.40. The van der Waals surface area contributed by atoms with Crippen molar-refractivity contribution in [3.05, 3.63) is 0 Å². The van der Waals surface area contributed by atoms with Gasteiger partial charge < -0.3 is 0 Å². The van der Waals surface area contributed by atoms with Gasteiger partial charge in [-0.15, -0.1) is 0 Å². The van der Waals surface area contributed by atoms with Crippen LogP contribution in [0, 0.1) is 11.8 Å². The van der Waals surface area contributed by atoms with Crippen LogP contribution < -0.4 is 0 Å². The van der Waals surface area contributed by atoms with E-state index in [-0.39, 0.29) is 0 Å². The number of hydrogen-bond donors (Lipinski definition) is 0. The molecule has 0 aliphatic heterocycles. The minimum absolute atomic E-state index is 1.02. The van der Waals surface area contributed by atoms with Crippen LogP contribution in [0.2, 0.25) is 0 Å². The third-order valence-electron chi connectivity index (χ3n) is 2.83. The van der Waals surface area contributed by atoms with Crippen LogP contribution in [0.1, 0.15) is 32.1 Å². The molecule has 2 saturated carbocycles. The number of fused-ring (bicyclic) bond motifs is 2. The van der Waals surface area contributed by atoms with Crippen molar-refractivity contribution < 1.29 is 0 Å². The van der Waals surface area contributed by atoms with Gasteiger partial charge in [0.25, 0.3) is 0 Å². The van der Waals surface area contributed by atoms with Crippen molar-refractivity contribution >= 4 is 22.6 Å². The Labute approximate surface area is 70.5 Å². The molecule has 0 aromatic rings. The van der Waals surface area contributed by atoms with E-state index in [2.05, 4.69) is 22.6 Å². The summed E-state index contributed by atoms with van der Waals surface area (Å²) < 4.78 is 1.02. The van der Waals surface area contributed by atoms with Gasteiger partial charge in [0.1, 0.15) is 0 Å². The van der Waals surface area contributed by atoms with E-state index in [1.54, 1.807) is 19.3 Å². The molecule has 0 amide bonds. The molecule has 2 atom stereocenters. The molecule has 0 aromatic heterocycles. The molecule has 0 heterocycles. The highest BCUT2D eigenvalue weighted by Gasteiger charge is 2.32. The summed E-state index contributed by atoms with van der Waals surface area (Å²) >= 11 is 2.63. The van der Waals surface area contributed by atoms with E-state index in [1.807, 2.05) is 0 Å². The maximum absolute atomic E-state index is 2.63. The highest BCUT2D eigenvalue weighted by molar-refractivity contribution is 14.1. The number of halogens is 1. The first-order valence-electron chi connectivity index (χ1n) is 3.98. The molecule has 2 rings (SSSR count). The molecular formula is C8H13I. The topological polar surface area (TPSA) is 0 Å². The zero-order valence-corrected chi connectivity index (χ0v) is 7.80. The van der Waals surface area contributed by atoms with Crippen molar-refractivity contribution in [1.29, 1.82) is 0 Å². The molecule has 0 radical (unpaired) electrons. The maximum atomic E-state index is 2.63. The van der Waals surface area contributed by atoms with Crippen LogP contribution in [-0.2, 0) is 0 Å². The van der Waals surface area contributed by atoms with Gasteiger partial charge in [0, 0.05) is 3.92 Å². The Morgan fingerprint density at radius 1 is 0.889 bits per heavy atom. The predicted octanol–water partition coefficient (Wildman–Crippen LogP) is 3.00. The Balaban J connectivity index is 2.03. The van der Waals surface area contributed by atoms with E-state index in [1.165, 1.54) is 12.8 Å². The first kappa shape index (κ1) is 6.44. The van der Waals surface area contributed by atoms with Crippen LogP contribution in [0.15, 0.2) is 0 Å². The monoisotopic (exact) mass is 236 g/mol. The van der Waals surface area contributed by atoms with Gasteiger partial charge in [-0.3, -0.25) is 0 Å². The summed E-state index contributed by atoms with van der Waals surface area (Å²) in [5.41, 5.74) is 0. The molecule has 2 unspecified atom stereocenters. The standard InChI is InChI=1S/C8H13I/c9-8-4-6-1-2-7(3-6)5-8/h6-8H,1-5H2. The molecule has 2 aliphatic carbocycles. The van der Waals surface area contributed by atoms with Crippen molar-refractivity contribution in [3.63, 3.8) is 0 Å². The lowest BCUT2D eigenvalue weighted by atomic mass is 9.89. The fraction of sp³-hybridized carbons (Fsp3) is 1.00. The molecule has 2 fully saturated rings. The number of hydrogen-bond acceptors (Lipinski definition) is 0. The number of alkyl halides is 1. The lowest BCUT2D eigenvalue weighted by Gasteiger charge is -2.22. The van der Waals surface area contributed by atoms with E-state index in [9.17, 15) is 0 Å². The smallest absolute Gasteiger partial charge is 0.0115 e. The molecule has 2 aliphatic rings. The van der Waals surface area contributed by atoms with E-state index in [4.69, 9.17) is 0 Å². The summed E-state index contributed by atoms with van der Waals surface area (Å²) in [6, 6.07) is 0. The van der Waals surface area contributed by atoms with Crippen LogP contribution in [-0.4, -0.2) is 3.92 Å². The van der Waals surface area contributed by atoms with Crippen LogP contribution in [0.5, 0.6) is 0 Å². The predicted molar refractivity (Wildman–Crippen MR) is 47.9 cm³/mol. The van der Waals surface area contributed by atoms with Gasteiger partial charge in [-0.2, -0.15) is 0 Å². The summed E-state index contributed by atoms with van der Waals surface area (Å²) in [4.78, 5) is 0. The highest BCUT2D eigenvalue weighted by atomic mass is 127. The van der Waals surface area contributed by atoms with Crippen molar-refractivity contribution in [3.8, 4) is 0 Å². The molecule has 0 aromatic carbocycles. The van der Waals surface area contributed by atoms with Crippen molar-refractivity contribution in [2.45, 2.75) is 36.0 Å². The molecular weight excluding hydrogens is 223 g/mol. The lowest BCUT2D eigenvalue weighted by Crippen LogP contribution is -2.14. The summed E-state index contributed by atoms with van der Waals surface area (Å²) in [6.07, 6.45) is 7.71. The first-order chi connectivity index (χ1) is 4.34. The Kier molecular flexibility index (Phi) is 1.72. The highest BCUT2D eigenvalue weighted by Crippen LogP contribution is 2.44. The van der Waals surface area contributed by atoms with Crippen LogP contribution in [0.25, 0.3) is 0 Å². The molecule has 0 N–H and O–H groups in total. The molecule has 0 spiro atoms. The van der Waals surface area contributed by atoms with Gasteiger partial charge >= 0.3 is 0 Å². The van der Waals surface area contributed by atoms with Gasteiger partial charge in [-0.1, -0.05) is 35.4 Å². The Morgan fingerprint density at radius 3 is 2.00 bits per heavy atom. The molecule has 1 heteroatoms. The normalized spacial score (nSPS) is 49.7. The third-order valence-corrected chi connectivity index (χ3v) is 3.85. The van der Waals surface area contributed by atoms with Gasteiger partial charge in [0.05, 0.1) is 0 Å². The summed E-state index contributed by atoms with van der Waals surface area (Å²) in [6.45, 7) is 0. The molecule has 52 valence electrons. The van der Waals surface area contributed by atoms with Crippen LogP contribution in [0.3, 0.4) is 0 Å². The second-order valence-electron chi connectivity index (χ2n) is 3.61. The fourth-order valence-corrected chi connectivity index (χ4v) is 3.86. The average molecular weight is 236 g/mol. The minimum Gasteiger partial charge on any atom is -0.0826 e. The largest absolute Gasteiger partial charge is 0.0826 e. The Morgan fingerprint density at radius 2 is 1.44 bits per heavy atom. The van der Waals surface area contributed by atoms with Crippen LogP contribution in [0.4, 0.5) is 0 Å². The van der Waals surface area contributed by atoms with Gasteiger partial charge in [-0.05, 0) is 31.1 Å². The van der Waals surface area contributed by atoms with E-state index < -0.39 is 0 Å². The van der Waals surface area contributed by atoms with E-state index in [0.29, 0.717) is 0 Å². The summed E-state index contributed by atoms with van der Waals surface area (Å²) in [5, 5.41) is 0. The zero-order chi connectivity index (χ0) is 6.27. The van der Waals surface area contributed by atoms with Crippen molar-refractivity contribution in [2.24, 2.45) is 11.8 Å². The van der Waals surface area contributed by atoms with Gasteiger partial charge in [-0.25, -0.2) is 0 Å². The molecule has 9 heavy (non-hydrogen) atoms. The first-order valence-corrected chi connectivity index (χ1v) is 5.23. The van der Waals surface area contributed by atoms with Gasteiger partial charge in [0.2, 0.25) is 0 Å². The maximum Gasteiger partial charge on any atom is 0.0115 e. The quantitative estimate of drug-likeness (QED) is 0.448. The zero-order valence-electron chi connectivity index (χ0n) is 5.65. The van der Waals surface area contributed by atoms with Gasteiger partial charge in [0.15, 0.2) is 0 Å². The third kappa shape index (κ3) is 1.26. The summed E-state index contributed by atoms with van der Waals surface area (Å²) in [5.74, 6) is 2.26. The number of rotatable bonds is 0. The van der Waals surface area contributed by atoms with E-state index in [0.717, 1.165) is 15.8 Å². The average Bonchev–Trinajstić information content (AvgIpc) is 2.11. The SMILES string of the molecule is IC1CC2CCC(C1)C2. The van der Waals surface area contributed by atoms with Crippen molar-refractivity contribution in [2.75, 3.05) is 0 Å². The second-order valence-corrected chi connectivity index (χ2v) is 5.38.